The number of hydrogen-bond donors (Lipinski definition) is 0. The van der Waals surface area contributed by atoms with Gasteiger partial charge in [0.1, 0.15) is 0 Å². The Hall–Kier alpha value is -5.86. The van der Waals surface area contributed by atoms with Crippen molar-refractivity contribution in [2.75, 3.05) is 0 Å². The molecule has 0 aliphatic rings. The van der Waals surface area contributed by atoms with Gasteiger partial charge in [-0.15, -0.1) is 0 Å². The van der Waals surface area contributed by atoms with Gasteiger partial charge in [-0.3, -0.25) is 0 Å². The number of benzene rings is 7. The predicted octanol–water partition coefficient (Wildman–Crippen LogP) is 11.2. The Morgan fingerprint density at radius 2 is 0.614 bits per heavy atom. The maximum atomic E-state index is 2.38. The molecular weight excluding hydrogens is 532 g/mol. The van der Waals surface area contributed by atoms with Crippen LogP contribution in [0.3, 0.4) is 0 Å². The maximum absolute atomic E-state index is 2.38. The van der Waals surface area contributed by atoms with E-state index in [0.29, 0.717) is 0 Å². The Bertz CT molecular complexity index is 2410. The van der Waals surface area contributed by atoms with E-state index >= 15 is 0 Å². The summed E-state index contributed by atoms with van der Waals surface area (Å²) in [6.07, 6.45) is 0. The first kappa shape index (κ1) is 24.7. The quantitative estimate of drug-likeness (QED) is 0.203. The third-order valence-corrected chi connectivity index (χ3v) is 8.95. The second kappa shape index (κ2) is 9.86. The molecule has 0 spiro atoms. The molecule has 2 nitrogen and oxygen atoms in total. The standard InChI is InChI=1S/C42H28N2/c1-2-10-33(11-3-1)44-41-17-9-6-14-37(41)38-27-24-32(28-42(38)44)31-20-18-29(19-21-31)30-22-25-34(26-23-30)43-39-15-7-4-12-35(39)36-13-5-8-16-40(36)43/h1-28H. The molecule has 2 heteroatoms. The van der Waals surface area contributed by atoms with E-state index in [-0.39, 0.29) is 0 Å². The van der Waals surface area contributed by atoms with Gasteiger partial charge in [0, 0.05) is 32.9 Å². The number of hydrogen-bond acceptors (Lipinski definition) is 0. The summed E-state index contributed by atoms with van der Waals surface area (Å²) >= 11 is 0. The maximum Gasteiger partial charge on any atom is 0.0547 e. The van der Waals surface area contributed by atoms with Crippen LogP contribution in [0.1, 0.15) is 0 Å². The molecule has 0 atom stereocenters. The van der Waals surface area contributed by atoms with Gasteiger partial charge in [0.15, 0.2) is 0 Å². The molecule has 0 amide bonds. The highest BCUT2D eigenvalue weighted by Crippen LogP contribution is 2.36. The van der Waals surface area contributed by atoms with Gasteiger partial charge in [-0.05, 0) is 70.8 Å². The van der Waals surface area contributed by atoms with E-state index in [1.54, 1.807) is 0 Å². The minimum atomic E-state index is 1.17. The van der Waals surface area contributed by atoms with Crippen molar-refractivity contribution < 1.29 is 0 Å². The highest BCUT2D eigenvalue weighted by Gasteiger charge is 2.14. The lowest BCUT2D eigenvalue weighted by molar-refractivity contribution is 1.18. The average Bonchev–Trinajstić information content (AvgIpc) is 3.61. The van der Waals surface area contributed by atoms with Crippen LogP contribution in [0.5, 0.6) is 0 Å². The molecule has 0 aliphatic carbocycles. The second-order valence-electron chi connectivity index (χ2n) is 11.4. The van der Waals surface area contributed by atoms with Crippen molar-refractivity contribution in [3.8, 4) is 33.6 Å². The zero-order chi connectivity index (χ0) is 29.0. The first-order chi connectivity index (χ1) is 21.8. The first-order valence-electron chi connectivity index (χ1n) is 15.1. The lowest BCUT2D eigenvalue weighted by Crippen LogP contribution is -1.93. The van der Waals surface area contributed by atoms with Crippen molar-refractivity contribution in [1.29, 1.82) is 0 Å². The molecule has 44 heavy (non-hydrogen) atoms. The normalized spacial score (nSPS) is 11.6. The van der Waals surface area contributed by atoms with Crippen LogP contribution in [0.4, 0.5) is 0 Å². The molecule has 206 valence electrons. The fraction of sp³-hybridized carbons (Fsp3) is 0. The average molecular weight is 561 g/mol. The molecule has 2 aromatic heterocycles. The number of nitrogens with zero attached hydrogens (tertiary/aromatic N) is 2. The molecule has 0 saturated carbocycles. The van der Waals surface area contributed by atoms with Crippen molar-refractivity contribution in [1.82, 2.24) is 9.13 Å². The van der Waals surface area contributed by atoms with Crippen LogP contribution in [0.25, 0.3) is 77.2 Å². The molecule has 0 N–H and O–H groups in total. The summed E-state index contributed by atoms with van der Waals surface area (Å²) < 4.78 is 4.74. The number of fused-ring (bicyclic) bond motifs is 6. The Kier molecular flexibility index (Phi) is 5.54. The van der Waals surface area contributed by atoms with Crippen molar-refractivity contribution >= 4 is 43.6 Å². The number of aromatic nitrogens is 2. The fourth-order valence-electron chi connectivity index (χ4n) is 6.86. The Morgan fingerprint density at radius 1 is 0.250 bits per heavy atom. The molecule has 0 saturated heterocycles. The summed E-state index contributed by atoms with van der Waals surface area (Å²) in [5, 5.41) is 5.11. The van der Waals surface area contributed by atoms with Gasteiger partial charge in [0.05, 0.1) is 22.1 Å². The zero-order valence-corrected chi connectivity index (χ0v) is 24.1. The SMILES string of the molecule is c1ccc(-n2c3ccccc3c3ccc(-c4ccc(-c5ccc(-n6c7ccccc7c7ccccc76)cc5)cc4)cc32)cc1. The van der Waals surface area contributed by atoms with Crippen molar-refractivity contribution in [3.63, 3.8) is 0 Å². The molecule has 0 radical (unpaired) electrons. The van der Waals surface area contributed by atoms with Gasteiger partial charge >= 0.3 is 0 Å². The van der Waals surface area contributed by atoms with E-state index in [1.165, 1.54) is 77.2 Å². The third-order valence-electron chi connectivity index (χ3n) is 8.95. The molecular formula is C42H28N2. The van der Waals surface area contributed by atoms with E-state index in [2.05, 4.69) is 179 Å². The van der Waals surface area contributed by atoms with Crippen LogP contribution in [0.15, 0.2) is 170 Å². The first-order valence-corrected chi connectivity index (χ1v) is 15.1. The van der Waals surface area contributed by atoms with E-state index in [0.717, 1.165) is 0 Å². The van der Waals surface area contributed by atoms with Gasteiger partial charge < -0.3 is 9.13 Å². The number of para-hydroxylation sites is 4. The summed E-state index contributed by atoms with van der Waals surface area (Å²) in [5.41, 5.74) is 12.1. The van der Waals surface area contributed by atoms with Crippen LogP contribution in [0, 0.1) is 0 Å². The summed E-state index contributed by atoms with van der Waals surface area (Å²) in [6, 6.07) is 61.4. The van der Waals surface area contributed by atoms with Crippen LogP contribution in [0.2, 0.25) is 0 Å². The van der Waals surface area contributed by atoms with Gasteiger partial charge in [-0.25, -0.2) is 0 Å². The lowest BCUT2D eigenvalue weighted by atomic mass is 9.99. The summed E-state index contributed by atoms with van der Waals surface area (Å²) in [6.45, 7) is 0. The van der Waals surface area contributed by atoms with Gasteiger partial charge in [0.25, 0.3) is 0 Å². The van der Waals surface area contributed by atoms with Crippen molar-refractivity contribution in [2.24, 2.45) is 0 Å². The second-order valence-corrected chi connectivity index (χ2v) is 11.4. The van der Waals surface area contributed by atoms with Crippen LogP contribution in [-0.2, 0) is 0 Å². The molecule has 0 bridgehead atoms. The topological polar surface area (TPSA) is 9.86 Å². The number of rotatable bonds is 4. The van der Waals surface area contributed by atoms with Gasteiger partial charge in [-0.1, -0.05) is 121 Å². The van der Waals surface area contributed by atoms with Gasteiger partial charge in [-0.2, -0.15) is 0 Å². The highest BCUT2D eigenvalue weighted by atomic mass is 15.0. The summed E-state index contributed by atoms with van der Waals surface area (Å²) in [5.74, 6) is 0. The molecule has 0 aliphatic heterocycles. The highest BCUT2D eigenvalue weighted by molar-refractivity contribution is 6.10. The Labute approximate surface area is 255 Å². The minimum Gasteiger partial charge on any atom is -0.309 e. The largest absolute Gasteiger partial charge is 0.309 e. The van der Waals surface area contributed by atoms with Crippen molar-refractivity contribution in [2.45, 2.75) is 0 Å². The van der Waals surface area contributed by atoms with E-state index in [1.807, 2.05) is 0 Å². The summed E-state index contributed by atoms with van der Waals surface area (Å²) in [4.78, 5) is 0. The van der Waals surface area contributed by atoms with Crippen LogP contribution < -0.4 is 0 Å². The van der Waals surface area contributed by atoms with E-state index < -0.39 is 0 Å². The lowest BCUT2D eigenvalue weighted by Gasteiger charge is -2.10. The molecule has 9 aromatic rings. The van der Waals surface area contributed by atoms with E-state index in [4.69, 9.17) is 0 Å². The van der Waals surface area contributed by atoms with E-state index in [9.17, 15) is 0 Å². The van der Waals surface area contributed by atoms with Crippen LogP contribution >= 0.6 is 0 Å². The Balaban J connectivity index is 1.08. The smallest absolute Gasteiger partial charge is 0.0547 e. The molecule has 2 heterocycles. The monoisotopic (exact) mass is 560 g/mol. The molecule has 0 unspecified atom stereocenters. The zero-order valence-electron chi connectivity index (χ0n) is 24.1. The Morgan fingerprint density at radius 3 is 1.16 bits per heavy atom. The van der Waals surface area contributed by atoms with Crippen LogP contribution in [-0.4, -0.2) is 9.13 Å². The summed E-state index contributed by atoms with van der Waals surface area (Å²) in [7, 11) is 0. The molecule has 9 rings (SSSR count). The minimum absolute atomic E-state index is 1.17. The molecule has 0 fully saturated rings. The van der Waals surface area contributed by atoms with Crippen molar-refractivity contribution in [3.05, 3.63) is 170 Å². The fourth-order valence-corrected chi connectivity index (χ4v) is 6.86. The third kappa shape index (κ3) is 3.82. The predicted molar refractivity (Wildman–Crippen MR) is 186 cm³/mol. The molecule has 7 aromatic carbocycles. The van der Waals surface area contributed by atoms with Gasteiger partial charge in [0.2, 0.25) is 0 Å².